The maximum Gasteiger partial charge on any atom is 0.209 e. The molecule has 0 saturated carbocycles. The van der Waals surface area contributed by atoms with Crippen molar-refractivity contribution in [2.24, 2.45) is 0 Å². The molecule has 0 aliphatic carbocycles. The summed E-state index contributed by atoms with van der Waals surface area (Å²) in [5.41, 5.74) is 0.824. The summed E-state index contributed by atoms with van der Waals surface area (Å²) >= 11 is 5.79. The largest absolute Gasteiger partial charge is 0.360 e. The molecule has 0 bridgehead atoms. The van der Waals surface area contributed by atoms with E-state index in [1.165, 1.54) is 0 Å². The molecule has 7 heteroatoms. The first-order chi connectivity index (χ1) is 7.77. The SMILES string of the molecule is Fc1c(Cl)cc2cc[nH]c2c1-c1nn[nH]n1. The number of aromatic nitrogens is 5. The Morgan fingerprint density at radius 3 is 3.00 bits per heavy atom. The lowest BCUT2D eigenvalue weighted by atomic mass is 10.1. The normalized spacial score (nSPS) is 11.1. The Balaban J connectivity index is 2.45. The molecule has 1 aromatic carbocycles. The monoisotopic (exact) mass is 237 g/mol. The number of hydrogen-bond donors (Lipinski definition) is 2. The summed E-state index contributed by atoms with van der Waals surface area (Å²) in [6, 6.07) is 3.34. The van der Waals surface area contributed by atoms with Crippen LogP contribution in [0.5, 0.6) is 0 Å². The Kier molecular flexibility index (Phi) is 1.90. The molecule has 0 aliphatic rings. The van der Waals surface area contributed by atoms with Gasteiger partial charge in [-0.3, -0.25) is 0 Å². The second-order valence-electron chi connectivity index (χ2n) is 3.22. The van der Waals surface area contributed by atoms with E-state index in [0.29, 0.717) is 5.52 Å². The van der Waals surface area contributed by atoms with Gasteiger partial charge in [0.05, 0.1) is 16.1 Å². The van der Waals surface area contributed by atoms with Gasteiger partial charge in [0.2, 0.25) is 5.82 Å². The van der Waals surface area contributed by atoms with E-state index >= 15 is 0 Å². The number of H-pyrrole nitrogens is 2. The highest BCUT2D eigenvalue weighted by Gasteiger charge is 2.18. The van der Waals surface area contributed by atoms with Gasteiger partial charge in [0.15, 0.2) is 5.82 Å². The van der Waals surface area contributed by atoms with Crippen molar-refractivity contribution in [3.8, 4) is 11.4 Å². The minimum absolute atomic E-state index is 0.0342. The number of tetrazole rings is 1. The van der Waals surface area contributed by atoms with Crippen LogP contribution in [-0.4, -0.2) is 25.6 Å². The van der Waals surface area contributed by atoms with Gasteiger partial charge in [-0.25, -0.2) is 4.39 Å². The fourth-order valence-electron chi connectivity index (χ4n) is 1.62. The van der Waals surface area contributed by atoms with Crippen molar-refractivity contribution < 1.29 is 4.39 Å². The van der Waals surface area contributed by atoms with Crippen LogP contribution in [0.4, 0.5) is 4.39 Å². The van der Waals surface area contributed by atoms with Crippen LogP contribution in [0.25, 0.3) is 22.3 Å². The van der Waals surface area contributed by atoms with Crippen molar-refractivity contribution in [1.29, 1.82) is 0 Å². The summed E-state index contributed by atoms with van der Waals surface area (Å²) in [5.74, 6) is -0.384. The van der Waals surface area contributed by atoms with Crippen molar-refractivity contribution in [2.45, 2.75) is 0 Å². The highest BCUT2D eigenvalue weighted by molar-refractivity contribution is 6.32. The third-order valence-corrected chi connectivity index (χ3v) is 2.58. The number of fused-ring (bicyclic) bond motifs is 1. The summed E-state index contributed by atoms with van der Waals surface area (Å²) in [5, 5.41) is 14.0. The third kappa shape index (κ3) is 1.20. The summed E-state index contributed by atoms with van der Waals surface area (Å²) in [6.07, 6.45) is 1.70. The molecule has 0 saturated heterocycles. The minimum Gasteiger partial charge on any atom is -0.360 e. The molecule has 3 rings (SSSR count). The van der Waals surface area contributed by atoms with E-state index in [9.17, 15) is 4.39 Å². The van der Waals surface area contributed by atoms with Gasteiger partial charge in [-0.2, -0.15) is 5.21 Å². The maximum atomic E-state index is 13.9. The molecule has 80 valence electrons. The third-order valence-electron chi connectivity index (χ3n) is 2.31. The molecule has 0 aliphatic heterocycles. The molecule has 2 aromatic heterocycles. The van der Waals surface area contributed by atoms with Crippen molar-refractivity contribution in [2.75, 3.05) is 0 Å². The molecule has 0 spiro atoms. The summed E-state index contributed by atoms with van der Waals surface area (Å²) in [7, 11) is 0. The molecule has 0 unspecified atom stereocenters. The Hall–Kier alpha value is -1.95. The van der Waals surface area contributed by atoms with Crippen LogP contribution in [0.15, 0.2) is 18.3 Å². The first kappa shape index (κ1) is 9.29. The fraction of sp³-hybridized carbons (Fsp3) is 0. The fourth-order valence-corrected chi connectivity index (χ4v) is 1.84. The van der Waals surface area contributed by atoms with Crippen molar-refractivity contribution in [3.63, 3.8) is 0 Å². The number of halogens is 2. The number of nitrogens with zero attached hydrogens (tertiary/aromatic N) is 3. The average Bonchev–Trinajstić information content (AvgIpc) is 2.89. The Labute approximate surface area is 93.6 Å². The highest BCUT2D eigenvalue weighted by Crippen LogP contribution is 2.32. The number of nitrogens with one attached hydrogen (secondary N) is 2. The summed E-state index contributed by atoms with van der Waals surface area (Å²) < 4.78 is 13.9. The molecule has 2 heterocycles. The van der Waals surface area contributed by atoms with Gasteiger partial charge >= 0.3 is 0 Å². The molecule has 0 atom stereocenters. The number of hydrogen-bond acceptors (Lipinski definition) is 3. The van der Waals surface area contributed by atoms with E-state index in [-0.39, 0.29) is 16.4 Å². The molecule has 0 amide bonds. The number of benzene rings is 1. The minimum atomic E-state index is -0.557. The average molecular weight is 238 g/mol. The topological polar surface area (TPSA) is 70.2 Å². The maximum absolute atomic E-state index is 13.9. The van der Waals surface area contributed by atoms with Gasteiger partial charge in [-0.05, 0) is 17.3 Å². The Bertz CT molecular complexity index is 645. The molecule has 5 nitrogen and oxygen atoms in total. The van der Waals surface area contributed by atoms with Crippen LogP contribution in [0, 0.1) is 5.82 Å². The molecule has 0 fully saturated rings. The molecule has 16 heavy (non-hydrogen) atoms. The van der Waals surface area contributed by atoms with Crippen molar-refractivity contribution in [1.82, 2.24) is 25.6 Å². The van der Waals surface area contributed by atoms with Gasteiger partial charge < -0.3 is 4.98 Å². The zero-order valence-electron chi connectivity index (χ0n) is 7.83. The van der Waals surface area contributed by atoms with E-state index in [0.717, 1.165) is 5.39 Å². The van der Waals surface area contributed by atoms with Gasteiger partial charge in [-0.15, -0.1) is 10.2 Å². The molecular formula is C9H5ClFN5. The summed E-state index contributed by atoms with van der Waals surface area (Å²) in [6.45, 7) is 0. The van der Waals surface area contributed by atoms with E-state index in [2.05, 4.69) is 25.6 Å². The smallest absolute Gasteiger partial charge is 0.209 e. The zero-order valence-corrected chi connectivity index (χ0v) is 8.59. The molecule has 3 aromatic rings. The lowest BCUT2D eigenvalue weighted by Crippen LogP contribution is -1.90. The summed E-state index contributed by atoms with van der Waals surface area (Å²) in [4.78, 5) is 2.92. The van der Waals surface area contributed by atoms with Crippen LogP contribution in [0.3, 0.4) is 0 Å². The quantitative estimate of drug-likeness (QED) is 0.681. The lowest BCUT2D eigenvalue weighted by molar-refractivity contribution is 0.632. The number of rotatable bonds is 1. The molecular weight excluding hydrogens is 233 g/mol. The second kappa shape index (κ2) is 3.28. The van der Waals surface area contributed by atoms with Crippen LogP contribution < -0.4 is 0 Å². The van der Waals surface area contributed by atoms with Crippen molar-refractivity contribution in [3.05, 3.63) is 29.2 Å². The Morgan fingerprint density at radius 2 is 2.25 bits per heavy atom. The first-order valence-electron chi connectivity index (χ1n) is 4.46. The van der Waals surface area contributed by atoms with E-state index in [1.807, 2.05) is 0 Å². The lowest BCUT2D eigenvalue weighted by Gasteiger charge is -2.02. The van der Waals surface area contributed by atoms with Crippen LogP contribution in [-0.2, 0) is 0 Å². The van der Waals surface area contributed by atoms with E-state index in [1.54, 1.807) is 18.3 Å². The first-order valence-corrected chi connectivity index (χ1v) is 4.84. The van der Waals surface area contributed by atoms with Gasteiger partial charge in [0.1, 0.15) is 0 Å². The second-order valence-corrected chi connectivity index (χ2v) is 3.63. The van der Waals surface area contributed by atoms with Crippen LogP contribution in [0.2, 0.25) is 5.02 Å². The molecule has 2 N–H and O–H groups in total. The van der Waals surface area contributed by atoms with Crippen LogP contribution >= 0.6 is 11.6 Å². The van der Waals surface area contributed by atoms with Gasteiger partial charge in [0.25, 0.3) is 0 Å². The standard InChI is InChI=1S/C9H5ClFN5/c10-5-3-4-1-2-12-8(4)6(7(5)11)9-13-15-16-14-9/h1-3,12H,(H,13,14,15,16). The highest BCUT2D eigenvalue weighted by atomic mass is 35.5. The van der Waals surface area contributed by atoms with Crippen molar-refractivity contribution >= 4 is 22.5 Å². The van der Waals surface area contributed by atoms with Gasteiger partial charge in [0, 0.05) is 11.6 Å². The van der Waals surface area contributed by atoms with Crippen LogP contribution in [0.1, 0.15) is 0 Å². The predicted octanol–water partition coefficient (Wildman–Crippen LogP) is 2.14. The van der Waals surface area contributed by atoms with E-state index < -0.39 is 5.82 Å². The zero-order chi connectivity index (χ0) is 11.1. The predicted molar refractivity (Wildman–Crippen MR) is 56.4 cm³/mol. The van der Waals surface area contributed by atoms with Gasteiger partial charge in [-0.1, -0.05) is 11.6 Å². The molecule has 0 radical (unpaired) electrons. The number of aromatic amines is 2. The van der Waals surface area contributed by atoms with E-state index in [4.69, 9.17) is 11.6 Å². The Morgan fingerprint density at radius 1 is 1.38 bits per heavy atom.